The van der Waals surface area contributed by atoms with Gasteiger partial charge in [0.25, 0.3) is 5.91 Å². The summed E-state index contributed by atoms with van der Waals surface area (Å²) < 4.78 is 5.06. The molecule has 6 heteroatoms. The Kier molecular flexibility index (Phi) is 6.78. The van der Waals surface area contributed by atoms with E-state index in [-0.39, 0.29) is 37.8 Å². The molecule has 2 amide bonds. The molecule has 1 aliphatic heterocycles. The van der Waals surface area contributed by atoms with Crippen molar-refractivity contribution in [3.63, 3.8) is 0 Å². The lowest BCUT2D eigenvalue weighted by Crippen LogP contribution is -2.38. The summed E-state index contributed by atoms with van der Waals surface area (Å²) in [5.41, 5.74) is 3.31. The zero-order valence-electron chi connectivity index (χ0n) is 15.7. The van der Waals surface area contributed by atoms with Gasteiger partial charge < -0.3 is 15.0 Å². The fourth-order valence-corrected chi connectivity index (χ4v) is 3.16. The van der Waals surface area contributed by atoms with Crippen molar-refractivity contribution in [1.82, 2.24) is 10.2 Å². The number of hydrogen-bond donors (Lipinski definition) is 1. The normalized spacial score (nSPS) is 12.8. The first kappa shape index (κ1) is 19.6. The van der Waals surface area contributed by atoms with E-state index >= 15 is 0 Å². The van der Waals surface area contributed by atoms with Crippen molar-refractivity contribution in [3.05, 3.63) is 71.3 Å². The Labute approximate surface area is 164 Å². The van der Waals surface area contributed by atoms with Crippen LogP contribution in [0.3, 0.4) is 0 Å². The minimum absolute atomic E-state index is 0.0383. The number of ether oxygens (including phenoxy) is 1. The van der Waals surface area contributed by atoms with Crippen LogP contribution in [-0.4, -0.2) is 42.4 Å². The molecule has 1 N–H and O–H groups in total. The third kappa shape index (κ3) is 5.67. The molecule has 1 aliphatic rings. The number of nitrogens with zero attached hydrogens (tertiary/aromatic N) is 1. The van der Waals surface area contributed by atoms with Crippen LogP contribution in [0.5, 0.6) is 0 Å². The quantitative estimate of drug-likeness (QED) is 0.744. The Hall–Kier alpha value is -3.15. The zero-order chi connectivity index (χ0) is 19.8. The number of carbonyl (C=O) groups excluding carboxylic acids is 3. The average Bonchev–Trinajstić information content (AvgIpc) is 2.72. The van der Waals surface area contributed by atoms with E-state index in [9.17, 15) is 14.4 Å². The van der Waals surface area contributed by atoms with Crippen molar-refractivity contribution in [1.29, 1.82) is 0 Å². The van der Waals surface area contributed by atoms with Crippen LogP contribution in [0.25, 0.3) is 0 Å². The highest BCUT2D eigenvalue weighted by Crippen LogP contribution is 2.18. The van der Waals surface area contributed by atoms with Crippen LogP contribution in [0.15, 0.2) is 54.6 Å². The molecule has 146 valence electrons. The van der Waals surface area contributed by atoms with Crippen molar-refractivity contribution >= 4 is 17.8 Å². The number of carbonyl (C=O) groups is 3. The number of fused-ring (bicyclic) bond motifs is 1. The maximum atomic E-state index is 12.3. The van der Waals surface area contributed by atoms with Gasteiger partial charge in [-0.05, 0) is 23.1 Å². The molecular weight excluding hydrogens is 356 g/mol. The van der Waals surface area contributed by atoms with Crippen LogP contribution >= 0.6 is 0 Å². The summed E-state index contributed by atoms with van der Waals surface area (Å²) in [7, 11) is 0. The first-order valence-corrected chi connectivity index (χ1v) is 9.42. The fourth-order valence-electron chi connectivity index (χ4n) is 3.16. The molecule has 6 nitrogen and oxygen atoms in total. The molecule has 3 rings (SSSR count). The SMILES string of the molecule is O=C(Cc1ccccc1)NCCC(=O)OCC(=O)N1CCc2ccccc2C1. The summed E-state index contributed by atoms with van der Waals surface area (Å²) in [6.45, 7) is 1.10. The van der Waals surface area contributed by atoms with Gasteiger partial charge in [-0.25, -0.2) is 0 Å². The lowest BCUT2D eigenvalue weighted by molar-refractivity contribution is -0.152. The highest BCUT2D eigenvalue weighted by atomic mass is 16.5. The molecule has 0 radical (unpaired) electrons. The molecule has 0 saturated carbocycles. The first-order valence-electron chi connectivity index (χ1n) is 9.42. The van der Waals surface area contributed by atoms with Crippen LogP contribution in [0, 0.1) is 0 Å². The molecular formula is C22H24N2O4. The second-order valence-electron chi connectivity index (χ2n) is 6.76. The maximum Gasteiger partial charge on any atom is 0.308 e. The summed E-state index contributed by atoms with van der Waals surface area (Å²) in [5, 5.41) is 2.69. The summed E-state index contributed by atoms with van der Waals surface area (Å²) in [6, 6.07) is 17.4. The van der Waals surface area contributed by atoms with E-state index in [1.807, 2.05) is 48.5 Å². The molecule has 0 atom stereocenters. The van der Waals surface area contributed by atoms with E-state index in [2.05, 4.69) is 11.4 Å². The van der Waals surface area contributed by atoms with E-state index < -0.39 is 5.97 Å². The van der Waals surface area contributed by atoms with Crippen LogP contribution in [0.4, 0.5) is 0 Å². The lowest BCUT2D eigenvalue weighted by Gasteiger charge is -2.28. The van der Waals surface area contributed by atoms with Gasteiger partial charge in [0.1, 0.15) is 0 Å². The smallest absolute Gasteiger partial charge is 0.308 e. The highest BCUT2D eigenvalue weighted by Gasteiger charge is 2.21. The molecule has 0 bridgehead atoms. The van der Waals surface area contributed by atoms with Gasteiger partial charge in [-0.1, -0.05) is 54.6 Å². The van der Waals surface area contributed by atoms with Crippen molar-refractivity contribution in [2.45, 2.75) is 25.8 Å². The molecule has 0 aromatic heterocycles. The Morgan fingerprint density at radius 1 is 0.964 bits per heavy atom. The topological polar surface area (TPSA) is 75.7 Å². The number of benzene rings is 2. The maximum absolute atomic E-state index is 12.3. The molecule has 0 fully saturated rings. The predicted molar refractivity (Wildman–Crippen MR) is 104 cm³/mol. The monoisotopic (exact) mass is 380 g/mol. The molecule has 1 heterocycles. The first-order chi connectivity index (χ1) is 13.6. The Morgan fingerprint density at radius 3 is 2.46 bits per heavy atom. The molecule has 28 heavy (non-hydrogen) atoms. The predicted octanol–water partition coefficient (Wildman–Crippen LogP) is 1.86. The number of esters is 1. The number of rotatable bonds is 7. The van der Waals surface area contributed by atoms with E-state index in [1.165, 1.54) is 5.56 Å². The highest BCUT2D eigenvalue weighted by molar-refractivity contribution is 5.81. The second-order valence-corrected chi connectivity index (χ2v) is 6.76. The van der Waals surface area contributed by atoms with Gasteiger partial charge in [-0.3, -0.25) is 14.4 Å². The van der Waals surface area contributed by atoms with Gasteiger partial charge in [-0.15, -0.1) is 0 Å². The van der Waals surface area contributed by atoms with Crippen molar-refractivity contribution in [2.75, 3.05) is 19.7 Å². The third-order valence-corrected chi connectivity index (χ3v) is 4.70. The number of amides is 2. The largest absolute Gasteiger partial charge is 0.456 e. The van der Waals surface area contributed by atoms with Crippen LogP contribution in [-0.2, 0) is 38.5 Å². The van der Waals surface area contributed by atoms with Crippen LogP contribution in [0.1, 0.15) is 23.1 Å². The number of hydrogen-bond acceptors (Lipinski definition) is 4. The Bertz CT molecular complexity index is 835. The van der Waals surface area contributed by atoms with Crippen molar-refractivity contribution in [2.24, 2.45) is 0 Å². The minimum atomic E-state index is -0.495. The van der Waals surface area contributed by atoms with Crippen LogP contribution in [0.2, 0.25) is 0 Å². The van der Waals surface area contributed by atoms with Crippen LogP contribution < -0.4 is 5.32 Å². The van der Waals surface area contributed by atoms with E-state index in [4.69, 9.17) is 4.74 Å². The van der Waals surface area contributed by atoms with Gasteiger partial charge in [0.15, 0.2) is 6.61 Å². The molecule has 2 aromatic rings. The Morgan fingerprint density at radius 2 is 1.68 bits per heavy atom. The standard InChI is InChI=1S/C22H24N2O4/c25-20(14-17-6-2-1-3-7-17)23-12-10-22(27)28-16-21(26)24-13-11-18-8-4-5-9-19(18)15-24/h1-9H,10-16H2,(H,23,25). The van der Waals surface area contributed by atoms with Crippen molar-refractivity contribution in [3.8, 4) is 0 Å². The number of nitrogens with one attached hydrogen (secondary N) is 1. The lowest BCUT2D eigenvalue weighted by atomic mass is 10.00. The Balaban J connectivity index is 1.33. The van der Waals surface area contributed by atoms with Gasteiger partial charge in [-0.2, -0.15) is 0 Å². The molecule has 0 saturated heterocycles. The summed E-state index contributed by atoms with van der Waals surface area (Å²) in [4.78, 5) is 37.6. The molecule has 0 unspecified atom stereocenters. The third-order valence-electron chi connectivity index (χ3n) is 4.70. The van der Waals surface area contributed by atoms with Gasteiger partial charge in [0, 0.05) is 19.6 Å². The van der Waals surface area contributed by atoms with E-state index in [0.717, 1.165) is 17.5 Å². The second kappa shape index (κ2) is 9.69. The van der Waals surface area contributed by atoms with E-state index in [1.54, 1.807) is 4.90 Å². The molecule has 0 aliphatic carbocycles. The summed E-state index contributed by atoms with van der Waals surface area (Å²) in [6.07, 6.45) is 1.12. The summed E-state index contributed by atoms with van der Waals surface area (Å²) in [5.74, 6) is -0.844. The molecule has 0 spiro atoms. The average molecular weight is 380 g/mol. The fraction of sp³-hybridized carbons (Fsp3) is 0.318. The van der Waals surface area contributed by atoms with Gasteiger partial charge in [0.05, 0.1) is 12.8 Å². The van der Waals surface area contributed by atoms with E-state index in [0.29, 0.717) is 13.1 Å². The van der Waals surface area contributed by atoms with Gasteiger partial charge in [0.2, 0.25) is 5.91 Å². The summed E-state index contributed by atoms with van der Waals surface area (Å²) >= 11 is 0. The van der Waals surface area contributed by atoms with Gasteiger partial charge >= 0.3 is 5.97 Å². The zero-order valence-corrected chi connectivity index (χ0v) is 15.7. The van der Waals surface area contributed by atoms with Crippen molar-refractivity contribution < 1.29 is 19.1 Å². The molecule has 2 aromatic carbocycles. The minimum Gasteiger partial charge on any atom is -0.456 e.